The first-order valence-electron chi connectivity index (χ1n) is 7.45. The van der Waals surface area contributed by atoms with Crippen LogP contribution in [0, 0.1) is 5.92 Å². The number of amides is 1. The van der Waals surface area contributed by atoms with Crippen LogP contribution >= 0.6 is 0 Å². The molecular formula is C16H22N2O. The Kier molecular flexibility index (Phi) is 3.45. The van der Waals surface area contributed by atoms with Crippen molar-refractivity contribution >= 4 is 17.3 Å². The molecule has 1 heterocycles. The van der Waals surface area contributed by atoms with E-state index in [-0.39, 0.29) is 5.92 Å². The number of nitrogens with two attached hydrogens (primary N) is 1. The van der Waals surface area contributed by atoms with Gasteiger partial charge < -0.3 is 10.6 Å². The van der Waals surface area contributed by atoms with E-state index in [2.05, 4.69) is 0 Å². The van der Waals surface area contributed by atoms with Crippen LogP contribution in [0.2, 0.25) is 0 Å². The van der Waals surface area contributed by atoms with E-state index in [4.69, 9.17) is 5.73 Å². The highest BCUT2D eigenvalue weighted by Gasteiger charge is 2.29. The van der Waals surface area contributed by atoms with Gasteiger partial charge in [-0.15, -0.1) is 0 Å². The molecule has 2 aliphatic rings. The van der Waals surface area contributed by atoms with Gasteiger partial charge in [-0.25, -0.2) is 0 Å². The molecule has 0 radical (unpaired) electrons. The molecule has 19 heavy (non-hydrogen) atoms. The molecule has 0 saturated heterocycles. The Morgan fingerprint density at radius 2 is 1.95 bits per heavy atom. The standard InChI is InChI=1S/C16H22N2O/c17-14-8-9-15-13(11-14)7-4-10-18(15)16(19)12-5-2-1-3-6-12/h8-9,11-12H,1-7,10,17H2. The molecule has 1 fully saturated rings. The van der Waals surface area contributed by atoms with Crippen molar-refractivity contribution in [3.05, 3.63) is 23.8 Å². The average molecular weight is 258 g/mol. The predicted octanol–water partition coefficient (Wildman–Crippen LogP) is 3.13. The Balaban J connectivity index is 1.84. The summed E-state index contributed by atoms with van der Waals surface area (Å²) in [5.41, 5.74) is 8.97. The summed E-state index contributed by atoms with van der Waals surface area (Å²) < 4.78 is 0. The van der Waals surface area contributed by atoms with Gasteiger partial charge in [-0.2, -0.15) is 0 Å². The van der Waals surface area contributed by atoms with Crippen LogP contribution in [0.1, 0.15) is 44.1 Å². The average Bonchev–Trinajstić information content (AvgIpc) is 2.46. The molecule has 1 aliphatic carbocycles. The Morgan fingerprint density at radius 1 is 1.16 bits per heavy atom. The summed E-state index contributed by atoms with van der Waals surface area (Å²) in [6, 6.07) is 5.95. The number of benzene rings is 1. The Hall–Kier alpha value is -1.51. The minimum Gasteiger partial charge on any atom is -0.399 e. The van der Waals surface area contributed by atoms with Gasteiger partial charge in [0.15, 0.2) is 0 Å². The van der Waals surface area contributed by atoms with Gasteiger partial charge in [0, 0.05) is 23.8 Å². The van der Waals surface area contributed by atoms with Crippen molar-refractivity contribution in [1.82, 2.24) is 0 Å². The fourth-order valence-corrected chi connectivity index (χ4v) is 3.42. The zero-order valence-corrected chi connectivity index (χ0v) is 11.4. The molecule has 1 aromatic rings. The van der Waals surface area contributed by atoms with E-state index < -0.39 is 0 Å². The fourth-order valence-electron chi connectivity index (χ4n) is 3.42. The minimum absolute atomic E-state index is 0.247. The molecule has 2 N–H and O–H groups in total. The molecule has 0 aromatic heterocycles. The first kappa shape index (κ1) is 12.5. The zero-order valence-electron chi connectivity index (χ0n) is 11.4. The number of rotatable bonds is 1. The smallest absolute Gasteiger partial charge is 0.230 e. The summed E-state index contributed by atoms with van der Waals surface area (Å²) in [5, 5.41) is 0. The van der Waals surface area contributed by atoms with Crippen LogP contribution in [-0.4, -0.2) is 12.5 Å². The van der Waals surface area contributed by atoms with E-state index >= 15 is 0 Å². The van der Waals surface area contributed by atoms with Crippen LogP contribution in [-0.2, 0) is 11.2 Å². The van der Waals surface area contributed by atoms with Gasteiger partial charge in [-0.1, -0.05) is 19.3 Å². The van der Waals surface area contributed by atoms with Crippen molar-refractivity contribution in [2.75, 3.05) is 17.2 Å². The Labute approximate surface area is 114 Å². The number of nitrogens with zero attached hydrogens (tertiary/aromatic N) is 1. The summed E-state index contributed by atoms with van der Waals surface area (Å²) in [7, 11) is 0. The second-order valence-electron chi connectivity index (χ2n) is 5.82. The van der Waals surface area contributed by atoms with Crippen molar-refractivity contribution in [3.63, 3.8) is 0 Å². The van der Waals surface area contributed by atoms with E-state index in [1.807, 2.05) is 23.1 Å². The van der Waals surface area contributed by atoms with E-state index in [0.29, 0.717) is 5.91 Å². The van der Waals surface area contributed by atoms with Crippen molar-refractivity contribution in [1.29, 1.82) is 0 Å². The van der Waals surface area contributed by atoms with Crippen molar-refractivity contribution in [2.45, 2.75) is 44.9 Å². The molecule has 1 aliphatic heterocycles. The van der Waals surface area contributed by atoms with Crippen LogP contribution in [0.5, 0.6) is 0 Å². The van der Waals surface area contributed by atoms with E-state index in [1.54, 1.807) is 0 Å². The van der Waals surface area contributed by atoms with Gasteiger partial charge in [-0.05, 0) is 49.4 Å². The Bertz CT molecular complexity index is 478. The third kappa shape index (κ3) is 2.46. The lowest BCUT2D eigenvalue weighted by atomic mass is 9.87. The Morgan fingerprint density at radius 3 is 2.74 bits per heavy atom. The summed E-state index contributed by atoms with van der Waals surface area (Å²) >= 11 is 0. The van der Waals surface area contributed by atoms with Crippen LogP contribution in [0.25, 0.3) is 0 Å². The third-order valence-corrected chi connectivity index (χ3v) is 4.44. The van der Waals surface area contributed by atoms with Crippen LogP contribution in [0.15, 0.2) is 18.2 Å². The first-order chi connectivity index (χ1) is 9.25. The molecule has 1 saturated carbocycles. The molecule has 0 spiro atoms. The number of hydrogen-bond donors (Lipinski definition) is 1. The molecule has 102 valence electrons. The molecule has 0 unspecified atom stereocenters. The first-order valence-corrected chi connectivity index (χ1v) is 7.45. The van der Waals surface area contributed by atoms with Crippen LogP contribution < -0.4 is 10.6 Å². The highest BCUT2D eigenvalue weighted by atomic mass is 16.2. The molecule has 0 atom stereocenters. The highest BCUT2D eigenvalue weighted by molar-refractivity contribution is 5.96. The SMILES string of the molecule is Nc1ccc2c(c1)CCCN2C(=O)C1CCCCC1. The second kappa shape index (κ2) is 5.24. The summed E-state index contributed by atoms with van der Waals surface area (Å²) in [4.78, 5) is 14.7. The van der Waals surface area contributed by atoms with Crippen molar-refractivity contribution in [2.24, 2.45) is 5.92 Å². The zero-order chi connectivity index (χ0) is 13.2. The summed E-state index contributed by atoms with van der Waals surface area (Å²) in [6.07, 6.45) is 7.93. The van der Waals surface area contributed by atoms with E-state index in [1.165, 1.54) is 24.8 Å². The van der Waals surface area contributed by atoms with Crippen molar-refractivity contribution < 1.29 is 4.79 Å². The predicted molar refractivity (Wildman–Crippen MR) is 78.1 cm³/mol. The summed E-state index contributed by atoms with van der Waals surface area (Å²) in [5.74, 6) is 0.586. The molecule has 0 bridgehead atoms. The van der Waals surface area contributed by atoms with Crippen LogP contribution in [0.3, 0.4) is 0 Å². The topological polar surface area (TPSA) is 46.3 Å². The molecular weight excluding hydrogens is 236 g/mol. The maximum Gasteiger partial charge on any atom is 0.230 e. The van der Waals surface area contributed by atoms with E-state index in [9.17, 15) is 4.79 Å². The maximum atomic E-state index is 12.7. The molecule has 1 amide bonds. The van der Waals surface area contributed by atoms with Gasteiger partial charge >= 0.3 is 0 Å². The quantitative estimate of drug-likeness (QED) is 0.787. The number of anilines is 2. The van der Waals surface area contributed by atoms with Gasteiger partial charge in [0.25, 0.3) is 0 Å². The number of carbonyl (C=O) groups is 1. The van der Waals surface area contributed by atoms with Gasteiger partial charge in [0.1, 0.15) is 0 Å². The lowest BCUT2D eigenvalue weighted by Crippen LogP contribution is -2.40. The lowest BCUT2D eigenvalue weighted by Gasteiger charge is -2.33. The second-order valence-corrected chi connectivity index (χ2v) is 5.82. The number of fused-ring (bicyclic) bond motifs is 1. The van der Waals surface area contributed by atoms with Gasteiger partial charge in [0.2, 0.25) is 5.91 Å². The molecule has 3 rings (SSSR count). The molecule has 3 nitrogen and oxygen atoms in total. The van der Waals surface area contributed by atoms with E-state index in [0.717, 1.165) is 43.6 Å². The highest BCUT2D eigenvalue weighted by Crippen LogP contribution is 2.33. The summed E-state index contributed by atoms with van der Waals surface area (Å²) in [6.45, 7) is 0.867. The largest absolute Gasteiger partial charge is 0.399 e. The van der Waals surface area contributed by atoms with Crippen LogP contribution in [0.4, 0.5) is 11.4 Å². The molecule has 1 aromatic carbocycles. The number of nitrogen functional groups attached to an aromatic ring is 1. The van der Waals surface area contributed by atoms with Gasteiger partial charge in [0.05, 0.1) is 0 Å². The van der Waals surface area contributed by atoms with Gasteiger partial charge in [-0.3, -0.25) is 4.79 Å². The number of hydrogen-bond acceptors (Lipinski definition) is 2. The molecule has 3 heteroatoms. The third-order valence-electron chi connectivity index (χ3n) is 4.44. The van der Waals surface area contributed by atoms with Crippen molar-refractivity contribution in [3.8, 4) is 0 Å². The lowest BCUT2D eigenvalue weighted by molar-refractivity contribution is -0.123. The number of carbonyl (C=O) groups excluding carboxylic acids is 1. The normalized spacial score (nSPS) is 20.1. The maximum absolute atomic E-state index is 12.7. The fraction of sp³-hybridized carbons (Fsp3) is 0.562. The number of aryl methyl sites for hydroxylation is 1. The monoisotopic (exact) mass is 258 g/mol. The minimum atomic E-state index is 0.247.